The van der Waals surface area contributed by atoms with Crippen molar-refractivity contribution in [1.29, 1.82) is 0 Å². The van der Waals surface area contributed by atoms with Crippen LogP contribution in [0.5, 0.6) is 17.2 Å². The van der Waals surface area contributed by atoms with E-state index in [9.17, 15) is 0 Å². The van der Waals surface area contributed by atoms with Gasteiger partial charge in [0.05, 0.1) is 17.6 Å². The highest BCUT2D eigenvalue weighted by Gasteiger charge is 2.40. The van der Waals surface area contributed by atoms with E-state index in [1.165, 1.54) is 38.3 Å². The Morgan fingerprint density at radius 2 is 1.59 bits per heavy atom. The molecule has 4 nitrogen and oxygen atoms in total. The molecule has 0 saturated heterocycles. The van der Waals surface area contributed by atoms with E-state index in [-0.39, 0.29) is 6.71 Å². The molecule has 0 radical (unpaired) electrons. The van der Waals surface area contributed by atoms with Crippen LogP contribution >= 0.6 is 11.8 Å². The summed E-state index contributed by atoms with van der Waals surface area (Å²) in [6, 6.07) is 36.9. The molecule has 0 amide bonds. The summed E-state index contributed by atoms with van der Waals surface area (Å²) in [5, 5.41) is 1.12. The Balaban J connectivity index is 1.14. The van der Waals surface area contributed by atoms with Crippen LogP contribution < -0.4 is 30.8 Å². The van der Waals surface area contributed by atoms with Crippen LogP contribution in [0.1, 0.15) is 25.7 Å². The lowest BCUT2D eigenvalue weighted by Crippen LogP contribution is -2.57. The van der Waals surface area contributed by atoms with Gasteiger partial charge in [-0.25, -0.2) is 0 Å². The molecule has 0 bridgehead atoms. The van der Waals surface area contributed by atoms with Crippen LogP contribution in [-0.4, -0.2) is 6.71 Å². The van der Waals surface area contributed by atoms with Crippen LogP contribution in [0.3, 0.4) is 0 Å². The van der Waals surface area contributed by atoms with Crippen molar-refractivity contribution in [2.24, 2.45) is 0 Å². The summed E-state index contributed by atoms with van der Waals surface area (Å²) in [6.07, 6.45) is 6.09. The Kier molecular flexibility index (Phi) is 5.23. The van der Waals surface area contributed by atoms with Crippen LogP contribution in [0, 0.1) is 0 Å². The first-order valence-electron chi connectivity index (χ1n) is 15.3. The van der Waals surface area contributed by atoms with Crippen LogP contribution in [0.15, 0.2) is 135 Å². The normalized spacial score (nSPS) is 15.9. The first-order chi connectivity index (χ1) is 21.8. The molecular weight excluding hydrogens is 561 g/mol. The molecule has 4 heterocycles. The molecule has 1 aromatic heterocycles. The number of rotatable bonds is 2. The third-order valence-electron chi connectivity index (χ3n) is 9.43. The lowest BCUT2D eigenvalue weighted by molar-refractivity contribution is 0.363. The van der Waals surface area contributed by atoms with Gasteiger partial charge in [-0.3, -0.25) is 0 Å². The average molecular weight is 588 g/mol. The smallest absolute Gasteiger partial charge is 0.253 e. The molecular formula is C38H26BNO3S. The molecule has 0 N–H and O–H groups in total. The molecule has 6 aromatic rings. The number of allylic oxidation sites excluding steroid dienone is 2. The second-order valence-corrected chi connectivity index (χ2v) is 13.0. The van der Waals surface area contributed by atoms with Crippen molar-refractivity contribution in [2.75, 3.05) is 4.90 Å². The molecule has 210 valence electrons. The van der Waals surface area contributed by atoms with Gasteiger partial charge in [-0.05, 0) is 78.2 Å². The number of furan rings is 1. The third-order valence-corrected chi connectivity index (χ3v) is 10.6. The number of benzene rings is 5. The van der Waals surface area contributed by atoms with Gasteiger partial charge < -0.3 is 18.8 Å². The summed E-state index contributed by atoms with van der Waals surface area (Å²) in [4.78, 5) is 4.94. The number of hydrogen-bond acceptors (Lipinski definition) is 5. The van der Waals surface area contributed by atoms with Crippen LogP contribution in [0.2, 0.25) is 0 Å². The topological polar surface area (TPSA) is 34.8 Å². The predicted molar refractivity (Wildman–Crippen MR) is 178 cm³/mol. The van der Waals surface area contributed by atoms with E-state index in [4.69, 9.17) is 13.9 Å². The quantitative estimate of drug-likeness (QED) is 0.190. The minimum atomic E-state index is 0.0763. The van der Waals surface area contributed by atoms with Crippen molar-refractivity contribution in [1.82, 2.24) is 0 Å². The van der Waals surface area contributed by atoms with Crippen LogP contribution in [0.25, 0.3) is 22.1 Å². The van der Waals surface area contributed by atoms with Gasteiger partial charge in [0.15, 0.2) is 5.75 Å². The molecule has 6 heteroatoms. The van der Waals surface area contributed by atoms with Crippen molar-refractivity contribution < 1.29 is 13.9 Å². The predicted octanol–water partition coefficient (Wildman–Crippen LogP) is 8.50. The Hall–Kier alpha value is -4.81. The highest BCUT2D eigenvalue weighted by Crippen LogP contribution is 2.47. The minimum absolute atomic E-state index is 0.0763. The molecule has 44 heavy (non-hydrogen) atoms. The maximum absolute atomic E-state index is 6.75. The molecule has 4 aliphatic rings. The standard InChI is InChI=1S/C38H26BNO3S/c1-3-11-31-29(9-1)40(30-10-2-4-12-32(30)42-31)25-16-17-27-34(22-25)43-33-13-6-14-36-37(33)39(27)28-21-24(15-18-35(28)44-36)26-8-5-7-23-19-20-41-38(23)26/h1,3,5-9,11,13-22H,2,4,10,12H2. The Morgan fingerprint density at radius 1 is 0.682 bits per heavy atom. The van der Waals surface area contributed by atoms with Gasteiger partial charge in [0.2, 0.25) is 0 Å². The van der Waals surface area contributed by atoms with Gasteiger partial charge in [-0.2, -0.15) is 0 Å². The summed E-state index contributed by atoms with van der Waals surface area (Å²) in [5.41, 5.74) is 10.4. The van der Waals surface area contributed by atoms with E-state index >= 15 is 0 Å². The second-order valence-electron chi connectivity index (χ2n) is 11.9. The summed E-state index contributed by atoms with van der Waals surface area (Å²) in [7, 11) is 0. The number of nitrogens with zero attached hydrogens (tertiary/aromatic N) is 1. The zero-order valence-electron chi connectivity index (χ0n) is 23.9. The molecule has 10 rings (SSSR count). The van der Waals surface area contributed by atoms with E-state index in [1.807, 2.05) is 17.8 Å². The average Bonchev–Trinajstić information content (AvgIpc) is 3.56. The largest absolute Gasteiger partial charge is 0.464 e. The van der Waals surface area contributed by atoms with E-state index in [2.05, 4.69) is 102 Å². The van der Waals surface area contributed by atoms with Gasteiger partial charge in [0, 0.05) is 38.9 Å². The number of anilines is 2. The van der Waals surface area contributed by atoms with Crippen molar-refractivity contribution in [3.63, 3.8) is 0 Å². The van der Waals surface area contributed by atoms with E-state index in [1.54, 1.807) is 6.26 Å². The third kappa shape index (κ3) is 3.55. The second kappa shape index (κ2) is 9.35. The molecule has 5 aromatic carbocycles. The van der Waals surface area contributed by atoms with E-state index in [0.717, 1.165) is 75.7 Å². The Bertz CT molecular complexity index is 2200. The van der Waals surface area contributed by atoms with Crippen LogP contribution in [0.4, 0.5) is 11.4 Å². The fourth-order valence-corrected chi connectivity index (χ4v) is 8.60. The van der Waals surface area contributed by atoms with Crippen LogP contribution in [-0.2, 0) is 0 Å². The molecule has 0 spiro atoms. The monoisotopic (exact) mass is 587 g/mol. The fourth-order valence-electron chi connectivity index (χ4n) is 7.46. The molecule has 0 saturated carbocycles. The molecule has 0 fully saturated rings. The van der Waals surface area contributed by atoms with Gasteiger partial charge in [-0.1, -0.05) is 71.8 Å². The van der Waals surface area contributed by atoms with Crippen molar-refractivity contribution in [3.05, 3.63) is 121 Å². The van der Waals surface area contributed by atoms with E-state index in [0.29, 0.717) is 0 Å². The zero-order valence-corrected chi connectivity index (χ0v) is 24.7. The summed E-state index contributed by atoms with van der Waals surface area (Å²) in [6.45, 7) is 0.0763. The Labute approximate surface area is 260 Å². The number of hydrogen-bond donors (Lipinski definition) is 0. The molecule has 3 aliphatic heterocycles. The minimum Gasteiger partial charge on any atom is -0.464 e. The number of para-hydroxylation sites is 3. The van der Waals surface area contributed by atoms with Gasteiger partial charge in [0.1, 0.15) is 22.8 Å². The maximum atomic E-state index is 6.75. The Morgan fingerprint density at radius 3 is 2.59 bits per heavy atom. The highest BCUT2D eigenvalue weighted by molar-refractivity contribution is 8.00. The number of fused-ring (bicyclic) bond motifs is 6. The van der Waals surface area contributed by atoms with Crippen molar-refractivity contribution in [3.8, 4) is 28.4 Å². The van der Waals surface area contributed by atoms with Crippen molar-refractivity contribution >= 4 is 57.2 Å². The first kappa shape index (κ1) is 24.6. The lowest BCUT2D eigenvalue weighted by atomic mass is 9.35. The summed E-state index contributed by atoms with van der Waals surface area (Å²) in [5.74, 6) is 3.87. The SMILES string of the molecule is c1ccc2c(c1)OC1=C(CCCC1)N2c1ccc2c(c1)Oc1cccc3c1B2c1cc(-c2cccc4ccoc24)ccc1S3. The zero-order chi connectivity index (χ0) is 28.8. The molecule has 0 atom stereocenters. The molecule has 0 unspecified atom stereocenters. The van der Waals surface area contributed by atoms with Crippen molar-refractivity contribution in [2.45, 2.75) is 35.5 Å². The fraction of sp³-hybridized carbons (Fsp3) is 0.105. The maximum Gasteiger partial charge on any atom is 0.253 e. The van der Waals surface area contributed by atoms with Gasteiger partial charge in [-0.15, -0.1) is 0 Å². The molecule has 1 aliphatic carbocycles. The summed E-state index contributed by atoms with van der Waals surface area (Å²) < 4.78 is 19.1. The highest BCUT2D eigenvalue weighted by atomic mass is 32.2. The summed E-state index contributed by atoms with van der Waals surface area (Å²) >= 11 is 1.83. The first-order valence-corrected chi connectivity index (χ1v) is 16.1. The van der Waals surface area contributed by atoms with E-state index < -0.39 is 0 Å². The van der Waals surface area contributed by atoms with Gasteiger partial charge in [0.25, 0.3) is 6.71 Å². The lowest BCUT2D eigenvalue weighted by Gasteiger charge is -2.38. The number of ether oxygens (including phenoxy) is 2. The van der Waals surface area contributed by atoms with Gasteiger partial charge >= 0.3 is 0 Å².